The van der Waals surface area contributed by atoms with Gasteiger partial charge in [0.05, 0.1) is 6.54 Å². The third-order valence-corrected chi connectivity index (χ3v) is 6.63. The molecule has 0 aliphatic carbocycles. The minimum absolute atomic E-state index is 0.0895. The van der Waals surface area contributed by atoms with Gasteiger partial charge in [0.25, 0.3) is 5.56 Å². The van der Waals surface area contributed by atoms with Gasteiger partial charge in [-0.15, -0.1) is 0 Å². The van der Waals surface area contributed by atoms with Gasteiger partial charge >= 0.3 is 0 Å². The van der Waals surface area contributed by atoms with Crippen molar-refractivity contribution in [3.63, 3.8) is 0 Å². The number of pyridine rings is 1. The molecule has 2 aromatic rings. The van der Waals surface area contributed by atoms with Crippen molar-refractivity contribution in [3.05, 3.63) is 63.6 Å². The number of hydrogen-bond acceptors (Lipinski definition) is 4. The molecule has 2 aliphatic heterocycles. The van der Waals surface area contributed by atoms with E-state index < -0.39 is 0 Å². The third-order valence-electron chi connectivity index (χ3n) is 6.63. The van der Waals surface area contributed by atoms with Crippen LogP contribution in [0.5, 0.6) is 0 Å². The lowest BCUT2D eigenvalue weighted by Gasteiger charge is -2.38. The van der Waals surface area contributed by atoms with E-state index in [0.717, 1.165) is 50.3 Å². The molecule has 1 aromatic carbocycles. The fourth-order valence-electron chi connectivity index (χ4n) is 4.84. The molecule has 154 valence electrons. The Morgan fingerprint density at radius 1 is 1.07 bits per heavy atom. The Morgan fingerprint density at radius 2 is 1.83 bits per heavy atom. The van der Waals surface area contributed by atoms with Crippen molar-refractivity contribution >= 4 is 12.4 Å². The van der Waals surface area contributed by atoms with Crippen LogP contribution < -0.4 is 10.5 Å². The lowest BCUT2D eigenvalue weighted by atomic mass is 10.0. The van der Waals surface area contributed by atoms with Crippen LogP contribution in [0.25, 0.3) is 0 Å². The van der Waals surface area contributed by atoms with Gasteiger partial charge in [0.15, 0.2) is 0 Å². The van der Waals surface area contributed by atoms with Crippen molar-refractivity contribution in [2.45, 2.75) is 51.1 Å². The molecule has 4 rings (SSSR count). The Kier molecular flexibility index (Phi) is 6.14. The summed E-state index contributed by atoms with van der Waals surface area (Å²) in [7, 11) is 0. The summed E-state index contributed by atoms with van der Waals surface area (Å²) in [6, 6.07) is 13.5. The van der Waals surface area contributed by atoms with Gasteiger partial charge in [-0.25, -0.2) is 0 Å². The summed E-state index contributed by atoms with van der Waals surface area (Å²) in [5.74, 6) is 0.456. The Bertz CT molecular complexity index is 880. The molecule has 1 unspecified atom stereocenters. The molecule has 3 heterocycles. The number of nitrogens with zero attached hydrogens (tertiary/aromatic N) is 3. The smallest absolute Gasteiger partial charge is 0.251 e. The van der Waals surface area contributed by atoms with E-state index in [-0.39, 0.29) is 5.56 Å². The van der Waals surface area contributed by atoms with Gasteiger partial charge in [0.2, 0.25) is 0 Å². The number of rotatable bonds is 6. The summed E-state index contributed by atoms with van der Waals surface area (Å²) < 4.78 is 0. The second kappa shape index (κ2) is 8.95. The lowest BCUT2D eigenvalue weighted by molar-refractivity contribution is 0.205. The average molecular weight is 393 g/mol. The molecule has 1 atom stereocenters. The molecule has 1 N–H and O–H groups in total. The minimum Gasteiger partial charge on any atom is -0.371 e. The van der Waals surface area contributed by atoms with E-state index in [0.29, 0.717) is 18.5 Å². The average Bonchev–Trinajstić information content (AvgIpc) is 3.25. The molecule has 1 aromatic heterocycles. The molecule has 0 spiro atoms. The Morgan fingerprint density at radius 3 is 2.48 bits per heavy atom. The van der Waals surface area contributed by atoms with E-state index in [1.54, 1.807) is 0 Å². The van der Waals surface area contributed by atoms with Crippen LogP contribution in [0.2, 0.25) is 0 Å². The Hall–Kier alpha value is -2.40. The molecular weight excluding hydrogens is 360 g/mol. The first-order valence-electron chi connectivity index (χ1n) is 10.9. The van der Waals surface area contributed by atoms with Gasteiger partial charge in [-0.3, -0.25) is 14.7 Å². The predicted octanol–water partition coefficient (Wildman–Crippen LogP) is 3.60. The van der Waals surface area contributed by atoms with E-state index in [9.17, 15) is 4.79 Å². The fraction of sp³-hybridized carbons (Fsp3) is 0.500. The van der Waals surface area contributed by atoms with Crippen LogP contribution in [0, 0.1) is 0 Å². The molecule has 2 aliphatic rings. The number of aromatic nitrogens is 1. The standard InChI is InChI=1S/C24H32N4O/c1-3-19-6-9-23(26-24(19)29)20-10-13-28(17-20)22-11-14-27(15-12-22)21-7-4-18(5-8-21)16-25-2/h4-9,20,22H,2-3,10-17H2,1H3,(H,26,29). The number of likely N-dealkylation sites (tertiary alicyclic amines) is 1. The second-order valence-corrected chi connectivity index (χ2v) is 8.37. The van der Waals surface area contributed by atoms with E-state index in [2.05, 4.69) is 56.8 Å². The normalized spacial score (nSPS) is 20.9. The SMILES string of the molecule is C=NCc1ccc(N2CCC(N3CCC(c4ccc(CC)c(=O)[nH]4)C3)CC2)cc1. The van der Waals surface area contributed by atoms with Crippen LogP contribution >= 0.6 is 0 Å². The zero-order chi connectivity index (χ0) is 20.2. The Balaban J connectivity index is 1.32. The van der Waals surface area contributed by atoms with Crippen LogP contribution in [-0.4, -0.2) is 48.8 Å². The molecule has 2 saturated heterocycles. The highest BCUT2D eigenvalue weighted by molar-refractivity contribution is 5.48. The molecular formula is C24H32N4O. The highest BCUT2D eigenvalue weighted by Gasteiger charge is 2.31. The molecule has 29 heavy (non-hydrogen) atoms. The number of aliphatic imine (C=N–C) groups is 1. The molecule has 0 radical (unpaired) electrons. The summed E-state index contributed by atoms with van der Waals surface area (Å²) in [5.41, 5.74) is 4.61. The first-order valence-corrected chi connectivity index (χ1v) is 10.9. The minimum atomic E-state index is 0.0895. The van der Waals surface area contributed by atoms with Gasteiger partial charge in [-0.05, 0) is 62.7 Å². The molecule has 5 heteroatoms. The predicted molar refractivity (Wildman–Crippen MR) is 120 cm³/mol. The maximum Gasteiger partial charge on any atom is 0.251 e. The van der Waals surface area contributed by atoms with Crippen LogP contribution in [0.4, 0.5) is 5.69 Å². The number of benzene rings is 1. The van der Waals surface area contributed by atoms with Crippen LogP contribution in [0.3, 0.4) is 0 Å². The van der Waals surface area contributed by atoms with Crippen LogP contribution in [-0.2, 0) is 13.0 Å². The maximum atomic E-state index is 12.2. The number of anilines is 1. The number of nitrogens with one attached hydrogen (secondary N) is 1. The summed E-state index contributed by atoms with van der Waals surface area (Å²) in [4.78, 5) is 24.4. The monoisotopic (exact) mass is 392 g/mol. The van der Waals surface area contributed by atoms with Crippen LogP contribution in [0.15, 0.2) is 46.2 Å². The molecule has 2 fully saturated rings. The van der Waals surface area contributed by atoms with E-state index in [1.165, 1.54) is 24.1 Å². The zero-order valence-electron chi connectivity index (χ0n) is 17.4. The molecule has 5 nitrogen and oxygen atoms in total. The van der Waals surface area contributed by atoms with Gasteiger partial charge in [0, 0.05) is 48.5 Å². The Labute approximate surface area is 173 Å². The first kappa shape index (κ1) is 19.9. The lowest BCUT2D eigenvalue weighted by Crippen LogP contribution is -2.44. The fourth-order valence-corrected chi connectivity index (χ4v) is 4.84. The number of piperidine rings is 1. The topological polar surface area (TPSA) is 51.7 Å². The first-order chi connectivity index (χ1) is 14.2. The van der Waals surface area contributed by atoms with Gasteiger partial charge in [-0.1, -0.05) is 25.1 Å². The van der Waals surface area contributed by atoms with E-state index in [1.807, 2.05) is 13.0 Å². The zero-order valence-corrected chi connectivity index (χ0v) is 17.4. The van der Waals surface area contributed by atoms with Crippen LogP contribution in [0.1, 0.15) is 48.9 Å². The van der Waals surface area contributed by atoms with Crippen molar-refractivity contribution in [3.8, 4) is 0 Å². The van der Waals surface area contributed by atoms with Crippen molar-refractivity contribution in [2.24, 2.45) is 4.99 Å². The number of aromatic amines is 1. The van der Waals surface area contributed by atoms with E-state index >= 15 is 0 Å². The van der Waals surface area contributed by atoms with Gasteiger partial charge < -0.3 is 9.88 Å². The highest BCUT2D eigenvalue weighted by atomic mass is 16.1. The van der Waals surface area contributed by atoms with Crippen molar-refractivity contribution in [1.29, 1.82) is 0 Å². The summed E-state index contributed by atoms with van der Waals surface area (Å²) in [5, 5.41) is 0. The summed E-state index contributed by atoms with van der Waals surface area (Å²) in [6.07, 6.45) is 4.33. The van der Waals surface area contributed by atoms with E-state index in [4.69, 9.17) is 0 Å². The summed E-state index contributed by atoms with van der Waals surface area (Å²) in [6.45, 7) is 10.7. The highest BCUT2D eigenvalue weighted by Crippen LogP contribution is 2.31. The second-order valence-electron chi connectivity index (χ2n) is 8.37. The molecule has 0 amide bonds. The molecule has 0 bridgehead atoms. The van der Waals surface area contributed by atoms with Crippen molar-refractivity contribution < 1.29 is 0 Å². The van der Waals surface area contributed by atoms with Crippen molar-refractivity contribution in [1.82, 2.24) is 9.88 Å². The number of H-pyrrole nitrogens is 1. The van der Waals surface area contributed by atoms with Crippen molar-refractivity contribution in [2.75, 3.05) is 31.1 Å². The largest absolute Gasteiger partial charge is 0.371 e. The molecule has 0 saturated carbocycles. The van der Waals surface area contributed by atoms with Gasteiger partial charge in [0.1, 0.15) is 0 Å². The van der Waals surface area contributed by atoms with Gasteiger partial charge in [-0.2, -0.15) is 0 Å². The number of aryl methyl sites for hydroxylation is 1. The maximum absolute atomic E-state index is 12.2. The third kappa shape index (κ3) is 4.45. The summed E-state index contributed by atoms with van der Waals surface area (Å²) >= 11 is 0. The quantitative estimate of drug-likeness (QED) is 0.765. The number of hydrogen-bond donors (Lipinski definition) is 1.